The van der Waals surface area contributed by atoms with Crippen molar-refractivity contribution in [1.82, 2.24) is 9.97 Å². The normalized spacial score (nSPS) is 10.3. The molecule has 15 heavy (non-hydrogen) atoms. The highest BCUT2D eigenvalue weighted by molar-refractivity contribution is 9.10. The van der Waals surface area contributed by atoms with Crippen molar-refractivity contribution >= 4 is 27.5 Å². The van der Waals surface area contributed by atoms with Crippen LogP contribution >= 0.6 is 27.5 Å². The maximum absolute atomic E-state index is 5.63. The van der Waals surface area contributed by atoms with Gasteiger partial charge in [0, 0.05) is 6.20 Å². The van der Waals surface area contributed by atoms with Crippen LogP contribution in [0.5, 0.6) is 5.88 Å². The van der Waals surface area contributed by atoms with Crippen molar-refractivity contribution in [3.05, 3.63) is 40.1 Å². The SMILES string of the molecule is Clc1ncc(Br)c(OCc2ccco2)n1. The zero-order valence-corrected chi connectivity index (χ0v) is 9.83. The zero-order valence-electron chi connectivity index (χ0n) is 7.48. The van der Waals surface area contributed by atoms with Gasteiger partial charge in [0.05, 0.1) is 10.7 Å². The van der Waals surface area contributed by atoms with Crippen molar-refractivity contribution in [1.29, 1.82) is 0 Å². The molecule has 0 unspecified atom stereocenters. The molecule has 2 rings (SSSR count). The van der Waals surface area contributed by atoms with Crippen LogP contribution in [0.3, 0.4) is 0 Å². The highest BCUT2D eigenvalue weighted by atomic mass is 79.9. The Hall–Kier alpha value is -1.07. The largest absolute Gasteiger partial charge is 0.469 e. The maximum atomic E-state index is 5.63. The topological polar surface area (TPSA) is 48.2 Å². The van der Waals surface area contributed by atoms with Crippen molar-refractivity contribution < 1.29 is 9.15 Å². The number of furan rings is 1. The van der Waals surface area contributed by atoms with Gasteiger partial charge in [-0.3, -0.25) is 0 Å². The van der Waals surface area contributed by atoms with Crippen LogP contribution in [-0.2, 0) is 6.61 Å². The van der Waals surface area contributed by atoms with Crippen LogP contribution < -0.4 is 4.74 Å². The summed E-state index contributed by atoms with van der Waals surface area (Å²) in [6, 6.07) is 3.61. The average Bonchev–Trinajstić information content (AvgIpc) is 2.72. The second-order valence-corrected chi connectivity index (χ2v) is 3.85. The number of aromatic nitrogens is 2. The molecule has 2 aromatic rings. The van der Waals surface area contributed by atoms with Crippen LogP contribution in [0, 0.1) is 0 Å². The zero-order chi connectivity index (χ0) is 10.7. The van der Waals surface area contributed by atoms with E-state index in [4.69, 9.17) is 20.8 Å². The van der Waals surface area contributed by atoms with Crippen molar-refractivity contribution in [3.8, 4) is 5.88 Å². The number of nitrogens with zero attached hydrogens (tertiary/aromatic N) is 2. The minimum atomic E-state index is 0.146. The molecule has 0 atom stereocenters. The van der Waals surface area contributed by atoms with Crippen LogP contribution in [0.4, 0.5) is 0 Å². The van der Waals surface area contributed by atoms with Crippen molar-refractivity contribution in [2.75, 3.05) is 0 Å². The van der Waals surface area contributed by atoms with Gasteiger partial charge in [0.2, 0.25) is 11.2 Å². The fourth-order valence-corrected chi connectivity index (χ4v) is 1.40. The second-order valence-electron chi connectivity index (χ2n) is 2.66. The van der Waals surface area contributed by atoms with E-state index in [0.29, 0.717) is 17.0 Å². The number of rotatable bonds is 3. The monoisotopic (exact) mass is 288 g/mol. The molecule has 0 bridgehead atoms. The molecule has 0 aromatic carbocycles. The molecular weight excluding hydrogens is 283 g/mol. The standard InChI is InChI=1S/C9H6BrClN2O2/c10-7-4-12-9(11)13-8(7)15-5-6-2-1-3-14-6/h1-4H,5H2. The van der Waals surface area contributed by atoms with Gasteiger partial charge < -0.3 is 9.15 Å². The Morgan fingerprint density at radius 2 is 2.40 bits per heavy atom. The lowest BCUT2D eigenvalue weighted by molar-refractivity contribution is 0.258. The van der Waals surface area contributed by atoms with Crippen molar-refractivity contribution in [3.63, 3.8) is 0 Å². The summed E-state index contributed by atoms with van der Waals surface area (Å²) in [6.07, 6.45) is 3.12. The molecule has 0 saturated carbocycles. The minimum Gasteiger partial charge on any atom is -0.469 e. The number of hydrogen-bond donors (Lipinski definition) is 0. The van der Waals surface area contributed by atoms with Gasteiger partial charge in [-0.2, -0.15) is 4.98 Å². The molecule has 0 aliphatic carbocycles. The first kappa shape index (κ1) is 10.4. The first-order valence-electron chi connectivity index (χ1n) is 4.09. The Morgan fingerprint density at radius 3 is 3.13 bits per heavy atom. The molecule has 0 spiro atoms. The highest BCUT2D eigenvalue weighted by Crippen LogP contribution is 2.23. The summed E-state index contributed by atoms with van der Waals surface area (Å²) in [5, 5.41) is 0.146. The van der Waals surface area contributed by atoms with E-state index in [1.807, 2.05) is 6.07 Å². The van der Waals surface area contributed by atoms with E-state index >= 15 is 0 Å². The van der Waals surface area contributed by atoms with E-state index in [2.05, 4.69) is 25.9 Å². The summed E-state index contributed by atoms with van der Waals surface area (Å²) in [5.41, 5.74) is 0. The van der Waals surface area contributed by atoms with Gasteiger partial charge >= 0.3 is 0 Å². The molecule has 0 fully saturated rings. The molecule has 0 aliphatic rings. The second kappa shape index (κ2) is 4.63. The van der Waals surface area contributed by atoms with Gasteiger partial charge in [-0.05, 0) is 39.7 Å². The van der Waals surface area contributed by atoms with E-state index in [-0.39, 0.29) is 5.28 Å². The van der Waals surface area contributed by atoms with Crippen molar-refractivity contribution in [2.45, 2.75) is 6.61 Å². The van der Waals surface area contributed by atoms with Crippen LogP contribution in [0.2, 0.25) is 5.28 Å². The molecule has 78 valence electrons. The molecular formula is C9H6BrClN2O2. The van der Waals surface area contributed by atoms with Crippen LogP contribution in [-0.4, -0.2) is 9.97 Å². The fraction of sp³-hybridized carbons (Fsp3) is 0.111. The summed E-state index contributed by atoms with van der Waals surface area (Å²) in [4.78, 5) is 7.70. The molecule has 0 amide bonds. The van der Waals surface area contributed by atoms with Gasteiger partial charge in [-0.1, -0.05) is 0 Å². The van der Waals surface area contributed by atoms with E-state index in [1.54, 1.807) is 12.3 Å². The third-order valence-electron chi connectivity index (χ3n) is 1.61. The Bertz CT molecular complexity index is 447. The van der Waals surface area contributed by atoms with Crippen molar-refractivity contribution in [2.24, 2.45) is 0 Å². The number of halogens is 2. The lowest BCUT2D eigenvalue weighted by Gasteiger charge is -2.04. The molecule has 4 nitrogen and oxygen atoms in total. The van der Waals surface area contributed by atoms with Gasteiger partial charge in [-0.25, -0.2) is 4.98 Å². The van der Waals surface area contributed by atoms with E-state index in [1.165, 1.54) is 6.20 Å². The van der Waals surface area contributed by atoms with Crippen LogP contribution in [0.15, 0.2) is 33.5 Å². The summed E-state index contributed by atoms with van der Waals surface area (Å²) in [7, 11) is 0. The Labute approximate surface area is 99.4 Å². The lowest BCUT2D eigenvalue weighted by Crippen LogP contribution is -1.97. The lowest BCUT2D eigenvalue weighted by atomic mass is 10.5. The molecule has 0 aliphatic heterocycles. The predicted octanol–water partition coefficient (Wildman–Crippen LogP) is 3.06. The number of ether oxygens (including phenoxy) is 1. The minimum absolute atomic E-state index is 0.146. The first-order chi connectivity index (χ1) is 7.25. The smallest absolute Gasteiger partial charge is 0.232 e. The van der Waals surface area contributed by atoms with Gasteiger partial charge in [0.1, 0.15) is 12.4 Å². The van der Waals surface area contributed by atoms with E-state index in [9.17, 15) is 0 Å². The number of hydrogen-bond acceptors (Lipinski definition) is 4. The fourth-order valence-electron chi connectivity index (χ4n) is 0.967. The average molecular weight is 290 g/mol. The van der Waals surface area contributed by atoms with Crippen LogP contribution in [0.1, 0.15) is 5.76 Å². The summed E-state index contributed by atoms with van der Waals surface area (Å²) >= 11 is 8.89. The third kappa shape index (κ3) is 2.70. The Kier molecular flexibility index (Phi) is 3.23. The third-order valence-corrected chi connectivity index (χ3v) is 2.34. The van der Waals surface area contributed by atoms with Gasteiger partial charge in [-0.15, -0.1) is 0 Å². The highest BCUT2D eigenvalue weighted by Gasteiger charge is 2.06. The van der Waals surface area contributed by atoms with Gasteiger partial charge in [0.15, 0.2) is 0 Å². The van der Waals surface area contributed by atoms with E-state index in [0.717, 1.165) is 5.76 Å². The van der Waals surface area contributed by atoms with E-state index < -0.39 is 0 Å². The first-order valence-corrected chi connectivity index (χ1v) is 5.26. The summed E-state index contributed by atoms with van der Waals surface area (Å²) in [6.45, 7) is 0.305. The quantitative estimate of drug-likeness (QED) is 0.815. The molecule has 0 N–H and O–H groups in total. The molecule has 2 aromatic heterocycles. The predicted molar refractivity (Wildman–Crippen MR) is 57.8 cm³/mol. The molecule has 0 saturated heterocycles. The summed E-state index contributed by atoms with van der Waals surface area (Å²) < 4.78 is 11.1. The Balaban J connectivity index is 2.07. The molecule has 6 heteroatoms. The van der Waals surface area contributed by atoms with Crippen LogP contribution in [0.25, 0.3) is 0 Å². The Morgan fingerprint density at radius 1 is 1.53 bits per heavy atom. The summed E-state index contributed by atoms with van der Waals surface area (Å²) in [5.74, 6) is 1.11. The van der Waals surface area contributed by atoms with Gasteiger partial charge in [0.25, 0.3) is 0 Å². The molecule has 2 heterocycles. The molecule has 0 radical (unpaired) electrons. The maximum Gasteiger partial charge on any atom is 0.232 e.